The summed E-state index contributed by atoms with van der Waals surface area (Å²) in [7, 11) is 0. The number of ketones is 2. The van der Waals surface area contributed by atoms with Crippen molar-refractivity contribution < 1.29 is 19.1 Å². The van der Waals surface area contributed by atoms with E-state index in [2.05, 4.69) is 12.7 Å². The third-order valence-corrected chi connectivity index (χ3v) is 7.62. The van der Waals surface area contributed by atoms with Crippen LogP contribution in [0.3, 0.4) is 0 Å². The van der Waals surface area contributed by atoms with Crippen molar-refractivity contribution in [2.24, 2.45) is 23.7 Å². The fourth-order valence-electron chi connectivity index (χ4n) is 6.09. The van der Waals surface area contributed by atoms with Gasteiger partial charge >= 0.3 is 0 Å². The van der Waals surface area contributed by atoms with Crippen LogP contribution in [-0.2, 0) is 19.1 Å². The van der Waals surface area contributed by atoms with Gasteiger partial charge < -0.3 is 9.47 Å². The Labute approximate surface area is 175 Å². The molecule has 6 unspecified atom stereocenters. The van der Waals surface area contributed by atoms with E-state index in [0.29, 0.717) is 18.3 Å². The zero-order chi connectivity index (χ0) is 20.2. The minimum atomic E-state index is -0.375. The van der Waals surface area contributed by atoms with Crippen LogP contribution < -0.4 is 0 Å². The maximum absolute atomic E-state index is 13.4. The number of carbonyl (C=O) groups excluding carboxylic acids is 2. The van der Waals surface area contributed by atoms with E-state index in [9.17, 15) is 9.59 Å². The first-order chi connectivity index (χ1) is 14.2. The minimum Gasteiger partial charge on any atom is -0.373 e. The van der Waals surface area contributed by atoms with Crippen LogP contribution >= 0.6 is 0 Å². The van der Waals surface area contributed by atoms with Crippen molar-refractivity contribution >= 4 is 11.6 Å². The Bertz CT molecular complexity index is 633. The van der Waals surface area contributed by atoms with Crippen LogP contribution in [0, 0.1) is 23.7 Å². The lowest BCUT2D eigenvalue weighted by molar-refractivity contribution is -0.192. The Kier molecular flexibility index (Phi) is 7.02. The number of Topliss-reactive ketones (excluding diaryl/α,β-unsaturated/α-hetero) is 1. The second-order valence-corrected chi connectivity index (χ2v) is 9.46. The summed E-state index contributed by atoms with van der Waals surface area (Å²) in [5, 5.41) is 0. The molecular weight excluding hydrogens is 364 g/mol. The molecule has 0 amide bonds. The molecule has 3 saturated carbocycles. The molecular formula is C25H36O4. The van der Waals surface area contributed by atoms with Gasteiger partial charge in [0.1, 0.15) is 5.78 Å². The highest BCUT2D eigenvalue weighted by Crippen LogP contribution is 2.45. The van der Waals surface area contributed by atoms with Gasteiger partial charge in [0, 0.05) is 11.8 Å². The van der Waals surface area contributed by atoms with Crippen LogP contribution in [0.2, 0.25) is 0 Å². The highest BCUT2D eigenvalue weighted by molar-refractivity contribution is 5.94. The number of hydrogen-bond donors (Lipinski definition) is 0. The first-order valence-electron chi connectivity index (χ1n) is 11.8. The van der Waals surface area contributed by atoms with Crippen molar-refractivity contribution in [3.8, 4) is 0 Å². The molecule has 0 aromatic rings. The van der Waals surface area contributed by atoms with E-state index >= 15 is 0 Å². The molecule has 4 rings (SSSR count). The quantitative estimate of drug-likeness (QED) is 0.474. The largest absolute Gasteiger partial charge is 0.373 e. The molecule has 1 heterocycles. The Balaban J connectivity index is 1.53. The third-order valence-electron chi connectivity index (χ3n) is 7.62. The van der Waals surface area contributed by atoms with Gasteiger partial charge in [0.15, 0.2) is 5.78 Å². The Hall–Kier alpha value is -1.26. The van der Waals surface area contributed by atoms with E-state index in [-0.39, 0.29) is 41.8 Å². The van der Waals surface area contributed by atoms with Crippen molar-refractivity contribution in [3.05, 3.63) is 24.8 Å². The van der Waals surface area contributed by atoms with Crippen molar-refractivity contribution in [2.45, 2.75) is 88.9 Å². The molecule has 6 atom stereocenters. The molecule has 1 saturated heterocycles. The first-order valence-corrected chi connectivity index (χ1v) is 11.8. The van der Waals surface area contributed by atoms with E-state index in [1.165, 1.54) is 32.1 Å². The van der Waals surface area contributed by atoms with E-state index in [4.69, 9.17) is 9.47 Å². The van der Waals surface area contributed by atoms with Crippen LogP contribution in [0.5, 0.6) is 0 Å². The fourth-order valence-corrected chi connectivity index (χ4v) is 6.09. The number of ether oxygens (including phenoxy) is 2. The monoisotopic (exact) mass is 400 g/mol. The Morgan fingerprint density at radius 1 is 1.00 bits per heavy atom. The normalized spacial score (nSPS) is 38.4. The highest BCUT2D eigenvalue weighted by atomic mass is 16.5. The average molecular weight is 401 g/mol. The van der Waals surface area contributed by atoms with Gasteiger partial charge in [0.05, 0.1) is 30.8 Å². The van der Waals surface area contributed by atoms with Crippen LogP contribution in [0.1, 0.15) is 70.6 Å². The van der Waals surface area contributed by atoms with Crippen LogP contribution in [0.25, 0.3) is 0 Å². The number of carbonyl (C=O) groups is 2. The van der Waals surface area contributed by atoms with Crippen LogP contribution in [0.15, 0.2) is 24.8 Å². The molecule has 0 aromatic heterocycles. The molecule has 3 aliphatic carbocycles. The topological polar surface area (TPSA) is 52.6 Å². The molecule has 0 aromatic carbocycles. The first kappa shape index (κ1) is 21.0. The molecule has 4 aliphatic rings. The van der Waals surface area contributed by atoms with E-state index in [1.807, 2.05) is 0 Å². The molecule has 160 valence electrons. The number of allylic oxidation sites excluding steroid dienone is 2. The van der Waals surface area contributed by atoms with Gasteiger partial charge in [-0.2, -0.15) is 0 Å². The third kappa shape index (κ3) is 4.59. The molecule has 29 heavy (non-hydrogen) atoms. The van der Waals surface area contributed by atoms with Crippen LogP contribution in [-0.4, -0.2) is 36.5 Å². The van der Waals surface area contributed by atoms with E-state index in [0.717, 1.165) is 38.5 Å². The predicted octanol–water partition coefficient (Wildman–Crippen LogP) is 4.82. The molecule has 4 fully saturated rings. The Morgan fingerprint density at radius 2 is 1.76 bits per heavy atom. The van der Waals surface area contributed by atoms with Gasteiger partial charge in [-0.05, 0) is 50.5 Å². The lowest BCUT2D eigenvalue weighted by atomic mass is 9.66. The maximum atomic E-state index is 13.4. The van der Waals surface area contributed by atoms with E-state index in [1.54, 1.807) is 12.2 Å². The summed E-state index contributed by atoms with van der Waals surface area (Å²) in [6.07, 6.45) is 16.9. The summed E-state index contributed by atoms with van der Waals surface area (Å²) in [6, 6.07) is 0. The van der Waals surface area contributed by atoms with Gasteiger partial charge in [-0.3, -0.25) is 9.59 Å². The van der Waals surface area contributed by atoms with Crippen LogP contribution in [0.4, 0.5) is 0 Å². The molecule has 4 nitrogen and oxygen atoms in total. The molecule has 0 spiro atoms. The molecule has 1 aliphatic heterocycles. The average Bonchev–Trinajstić information content (AvgIpc) is 2.76. The molecule has 0 bridgehead atoms. The summed E-state index contributed by atoms with van der Waals surface area (Å²) in [4.78, 5) is 26.6. The summed E-state index contributed by atoms with van der Waals surface area (Å²) < 4.78 is 12.5. The maximum Gasteiger partial charge on any atom is 0.163 e. The van der Waals surface area contributed by atoms with Gasteiger partial charge in [-0.25, -0.2) is 0 Å². The van der Waals surface area contributed by atoms with E-state index < -0.39 is 0 Å². The lowest BCUT2D eigenvalue weighted by Crippen LogP contribution is -2.58. The standard InChI is InChI=1S/C25H36O4/c1-2-16-28-22-15-13-19-24(27)18-10-6-7-11-21(18)29-25(19)23(22)20(26)14-12-17-8-4-3-5-9-17/h2,12,14,17-19,21-23,25H,1,3-11,13,15-16H2. The summed E-state index contributed by atoms with van der Waals surface area (Å²) in [5.74, 6) is 0.472. The zero-order valence-electron chi connectivity index (χ0n) is 17.6. The molecule has 0 N–H and O–H groups in total. The number of fused-ring (bicyclic) bond motifs is 2. The van der Waals surface area contributed by atoms with Gasteiger partial charge in [-0.15, -0.1) is 6.58 Å². The second-order valence-electron chi connectivity index (χ2n) is 9.46. The second kappa shape index (κ2) is 9.70. The fraction of sp³-hybridized carbons (Fsp3) is 0.760. The summed E-state index contributed by atoms with van der Waals surface area (Å²) in [6.45, 7) is 4.18. The SMILES string of the molecule is C=CCOC1CCC2C(=O)C3CCCCC3OC2C1C(=O)C=CC1CCCCC1. The van der Waals surface area contributed by atoms with Crippen molar-refractivity contribution in [3.63, 3.8) is 0 Å². The molecule has 4 heteroatoms. The van der Waals surface area contributed by atoms with Gasteiger partial charge in [0.2, 0.25) is 0 Å². The highest BCUT2D eigenvalue weighted by Gasteiger charge is 2.53. The Morgan fingerprint density at radius 3 is 2.55 bits per heavy atom. The minimum absolute atomic E-state index is 0.00622. The van der Waals surface area contributed by atoms with Crippen molar-refractivity contribution in [2.75, 3.05) is 6.61 Å². The van der Waals surface area contributed by atoms with Crippen molar-refractivity contribution in [1.82, 2.24) is 0 Å². The smallest absolute Gasteiger partial charge is 0.163 e. The summed E-state index contributed by atoms with van der Waals surface area (Å²) >= 11 is 0. The lowest BCUT2D eigenvalue weighted by Gasteiger charge is -2.49. The molecule has 0 radical (unpaired) electrons. The zero-order valence-corrected chi connectivity index (χ0v) is 17.6. The van der Waals surface area contributed by atoms with Crippen molar-refractivity contribution in [1.29, 1.82) is 0 Å². The number of hydrogen-bond acceptors (Lipinski definition) is 4. The number of rotatable bonds is 6. The van der Waals surface area contributed by atoms with Gasteiger partial charge in [-0.1, -0.05) is 44.3 Å². The predicted molar refractivity (Wildman–Crippen MR) is 112 cm³/mol. The summed E-state index contributed by atoms with van der Waals surface area (Å²) in [5.41, 5.74) is 0. The van der Waals surface area contributed by atoms with Gasteiger partial charge in [0.25, 0.3) is 0 Å².